The SMILES string of the molecule is Cc1ccc2nc(C(=O)Nc3ccc(OC(F)(F)F)cc3)nc(N[C@H]3CCCC[C@H]3NC(=N)N)c2c1.Cl.Cl. The molecule has 1 aromatic heterocycles. The number of hydrogen-bond donors (Lipinski definition) is 5. The molecule has 9 nitrogen and oxygen atoms in total. The third kappa shape index (κ3) is 7.99. The van der Waals surface area contributed by atoms with E-state index < -0.39 is 18.0 Å². The molecule has 0 aliphatic heterocycles. The highest BCUT2D eigenvalue weighted by Crippen LogP contribution is 2.28. The molecule has 1 aliphatic carbocycles. The smallest absolute Gasteiger partial charge is 0.406 e. The van der Waals surface area contributed by atoms with E-state index in [0.29, 0.717) is 11.3 Å². The summed E-state index contributed by atoms with van der Waals surface area (Å²) in [6, 6.07) is 10.3. The number of ether oxygens (including phenoxy) is 1. The van der Waals surface area contributed by atoms with Crippen LogP contribution in [0.15, 0.2) is 42.5 Å². The Balaban J connectivity index is 0.00000253. The van der Waals surface area contributed by atoms with Crippen LogP contribution in [0.2, 0.25) is 0 Å². The number of fused-ring (bicyclic) bond motifs is 1. The summed E-state index contributed by atoms with van der Waals surface area (Å²) < 4.78 is 41.0. The number of carbonyl (C=O) groups excluding carboxylic acids is 1. The Hall–Kier alpha value is -3.51. The lowest BCUT2D eigenvalue weighted by Crippen LogP contribution is -2.50. The number of anilines is 2. The first-order chi connectivity index (χ1) is 17.1. The third-order valence-corrected chi connectivity index (χ3v) is 5.83. The van der Waals surface area contributed by atoms with Crippen LogP contribution in [0.1, 0.15) is 41.9 Å². The molecule has 0 unspecified atom stereocenters. The fraction of sp³-hybridized carbons (Fsp3) is 0.333. The van der Waals surface area contributed by atoms with Gasteiger partial charge in [-0.3, -0.25) is 10.2 Å². The Morgan fingerprint density at radius 2 is 1.71 bits per heavy atom. The molecule has 0 spiro atoms. The predicted molar refractivity (Wildman–Crippen MR) is 145 cm³/mol. The molecular formula is C24H28Cl2F3N7O2. The molecule has 2 atom stereocenters. The highest BCUT2D eigenvalue weighted by Gasteiger charge is 2.31. The zero-order chi connectivity index (χ0) is 25.9. The second-order valence-corrected chi connectivity index (χ2v) is 8.64. The van der Waals surface area contributed by atoms with Crippen molar-refractivity contribution in [3.05, 3.63) is 53.9 Å². The maximum absolute atomic E-state index is 13.0. The van der Waals surface area contributed by atoms with Gasteiger partial charge < -0.3 is 26.4 Å². The highest BCUT2D eigenvalue weighted by atomic mass is 35.5. The Labute approximate surface area is 229 Å². The van der Waals surface area contributed by atoms with Gasteiger partial charge in [0.2, 0.25) is 5.82 Å². The van der Waals surface area contributed by atoms with Crippen molar-refractivity contribution in [3.63, 3.8) is 0 Å². The van der Waals surface area contributed by atoms with Crippen molar-refractivity contribution in [2.45, 2.75) is 51.1 Å². The van der Waals surface area contributed by atoms with E-state index in [9.17, 15) is 18.0 Å². The first-order valence-corrected chi connectivity index (χ1v) is 11.4. The van der Waals surface area contributed by atoms with Crippen molar-refractivity contribution in [3.8, 4) is 5.75 Å². The molecule has 1 amide bonds. The number of nitrogens with zero attached hydrogens (tertiary/aromatic N) is 2. The van der Waals surface area contributed by atoms with Crippen LogP contribution in [0, 0.1) is 12.3 Å². The molecule has 0 radical (unpaired) electrons. The van der Waals surface area contributed by atoms with Gasteiger partial charge in [0.15, 0.2) is 5.96 Å². The normalized spacial score (nSPS) is 16.9. The van der Waals surface area contributed by atoms with Gasteiger partial charge in [0.1, 0.15) is 11.6 Å². The summed E-state index contributed by atoms with van der Waals surface area (Å²) >= 11 is 0. The number of carbonyl (C=O) groups is 1. The van der Waals surface area contributed by atoms with E-state index in [0.717, 1.165) is 48.8 Å². The van der Waals surface area contributed by atoms with E-state index in [4.69, 9.17) is 11.1 Å². The van der Waals surface area contributed by atoms with Crippen LogP contribution in [-0.2, 0) is 0 Å². The van der Waals surface area contributed by atoms with Gasteiger partial charge in [0.05, 0.1) is 5.52 Å². The molecule has 1 saturated carbocycles. The molecule has 1 heterocycles. The molecule has 4 rings (SSSR count). The van der Waals surface area contributed by atoms with Crippen molar-refractivity contribution in [2.24, 2.45) is 5.73 Å². The Morgan fingerprint density at radius 1 is 1.05 bits per heavy atom. The van der Waals surface area contributed by atoms with Gasteiger partial charge in [-0.05, 0) is 56.2 Å². The largest absolute Gasteiger partial charge is 0.573 e. The van der Waals surface area contributed by atoms with E-state index in [2.05, 4.69) is 30.7 Å². The van der Waals surface area contributed by atoms with E-state index in [1.54, 1.807) is 6.07 Å². The number of hydrogen-bond acceptors (Lipinski definition) is 6. The topological polar surface area (TPSA) is 138 Å². The summed E-state index contributed by atoms with van der Waals surface area (Å²) in [4.78, 5) is 21.8. The minimum absolute atomic E-state index is 0. The lowest BCUT2D eigenvalue weighted by Gasteiger charge is -2.33. The number of aryl methyl sites for hydroxylation is 1. The van der Waals surface area contributed by atoms with Gasteiger partial charge in [-0.25, -0.2) is 9.97 Å². The highest BCUT2D eigenvalue weighted by molar-refractivity contribution is 6.04. The van der Waals surface area contributed by atoms with Gasteiger partial charge >= 0.3 is 6.36 Å². The second-order valence-electron chi connectivity index (χ2n) is 8.64. The Kier molecular flexibility index (Phi) is 10.4. The molecule has 14 heteroatoms. The first-order valence-electron chi connectivity index (χ1n) is 11.4. The number of rotatable bonds is 6. The summed E-state index contributed by atoms with van der Waals surface area (Å²) in [6.07, 6.45) is -1.13. The predicted octanol–water partition coefficient (Wildman–Crippen LogP) is 5.14. The monoisotopic (exact) mass is 573 g/mol. The fourth-order valence-corrected chi connectivity index (χ4v) is 4.23. The van der Waals surface area contributed by atoms with Crippen molar-refractivity contribution < 1.29 is 22.7 Å². The van der Waals surface area contributed by atoms with Crippen LogP contribution < -0.4 is 26.4 Å². The minimum Gasteiger partial charge on any atom is -0.406 e. The van der Waals surface area contributed by atoms with Crippen LogP contribution in [0.3, 0.4) is 0 Å². The molecule has 6 N–H and O–H groups in total. The molecule has 0 saturated heterocycles. The molecule has 1 aliphatic rings. The fourth-order valence-electron chi connectivity index (χ4n) is 4.23. The van der Waals surface area contributed by atoms with E-state index in [1.165, 1.54) is 12.1 Å². The molecule has 206 valence electrons. The molecule has 2 aromatic carbocycles. The summed E-state index contributed by atoms with van der Waals surface area (Å²) in [5, 5.41) is 17.4. The van der Waals surface area contributed by atoms with Gasteiger partial charge in [-0.15, -0.1) is 38.0 Å². The summed E-state index contributed by atoms with van der Waals surface area (Å²) in [5.74, 6) is -0.747. The number of alkyl halides is 3. The quantitative estimate of drug-likeness (QED) is 0.203. The standard InChI is InChI=1S/C24H26F3N7O2.2ClH/c1-13-6-11-17-16(12-13)20(32-18-4-2-3-5-19(18)33-23(28)29)34-21(31-17)22(35)30-14-7-9-15(10-8-14)36-24(25,26)27;;/h6-12,18-19H,2-5H2,1H3,(H,30,35)(H4,28,29,33)(H,31,32,34);2*1H/t18-,19+;;/m0../s1. The van der Waals surface area contributed by atoms with Crippen molar-refractivity contribution >= 4 is 59.1 Å². The maximum Gasteiger partial charge on any atom is 0.573 e. The van der Waals surface area contributed by atoms with Crippen LogP contribution in [0.4, 0.5) is 24.7 Å². The average Bonchev–Trinajstić information content (AvgIpc) is 2.80. The van der Waals surface area contributed by atoms with Gasteiger partial charge in [0.25, 0.3) is 5.91 Å². The first kappa shape index (κ1) is 30.7. The lowest BCUT2D eigenvalue weighted by molar-refractivity contribution is -0.274. The van der Waals surface area contributed by atoms with Gasteiger partial charge in [-0.2, -0.15) is 0 Å². The number of amides is 1. The maximum atomic E-state index is 13.0. The van der Waals surface area contributed by atoms with E-state index >= 15 is 0 Å². The van der Waals surface area contributed by atoms with Crippen LogP contribution >= 0.6 is 24.8 Å². The zero-order valence-electron chi connectivity index (χ0n) is 20.3. The molecular weight excluding hydrogens is 546 g/mol. The Bertz CT molecular complexity index is 1280. The summed E-state index contributed by atoms with van der Waals surface area (Å²) in [7, 11) is 0. The Morgan fingerprint density at radius 3 is 2.34 bits per heavy atom. The van der Waals surface area contributed by atoms with E-state index in [1.807, 2.05) is 19.1 Å². The molecule has 0 bridgehead atoms. The van der Waals surface area contributed by atoms with Crippen LogP contribution in [0.25, 0.3) is 10.9 Å². The lowest BCUT2D eigenvalue weighted by atomic mass is 9.90. The molecule has 3 aromatic rings. The number of guanidine groups is 1. The number of nitrogens with two attached hydrogens (primary N) is 1. The number of aromatic nitrogens is 2. The number of nitrogens with one attached hydrogen (secondary N) is 4. The third-order valence-electron chi connectivity index (χ3n) is 5.83. The van der Waals surface area contributed by atoms with Crippen molar-refractivity contribution in [1.82, 2.24) is 15.3 Å². The average molecular weight is 574 g/mol. The van der Waals surface area contributed by atoms with Gasteiger partial charge in [0, 0.05) is 23.2 Å². The number of benzene rings is 2. The summed E-state index contributed by atoms with van der Waals surface area (Å²) in [5.41, 5.74) is 7.38. The zero-order valence-corrected chi connectivity index (χ0v) is 21.9. The van der Waals surface area contributed by atoms with E-state index in [-0.39, 0.29) is 54.4 Å². The minimum atomic E-state index is -4.80. The second kappa shape index (κ2) is 12.8. The van der Waals surface area contributed by atoms with Crippen LogP contribution in [-0.4, -0.2) is 40.3 Å². The molecule has 1 fully saturated rings. The van der Waals surface area contributed by atoms with Crippen molar-refractivity contribution in [1.29, 1.82) is 5.41 Å². The van der Waals surface area contributed by atoms with Gasteiger partial charge in [-0.1, -0.05) is 24.5 Å². The van der Waals surface area contributed by atoms with Crippen molar-refractivity contribution in [2.75, 3.05) is 10.6 Å². The summed E-state index contributed by atoms with van der Waals surface area (Å²) in [6.45, 7) is 1.94. The molecule has 38 heavy (non-hydrogen) atoms. The van der Waals surface area contributed by atoms with Crippen LogP contribution in [0.5, 0.6) is 5.75 Å². The number of halogens is 5.